The molecule has 0 bridgehead atoms. The molecular weight excluding hydrogens is 232 g/mol. The summed E-state index contributed by atoms with van der Waals surface area (Å²) in [5.41, 5.74) is 2.41. The van der Waals surface area contributed by atoms with Crippen LogP contribution in [0.2, 0.25) is 0 Å². The Kier molecular flexibility index (Phi) is 6.56. The van der Waals surface area contributed by atoms with Crippen molar-refractivity contribution in [2.45, 2.75) is 13.8 Å². The number of rotatable bonds is 7. The fourth-order valence-corrected chi connectivity index (χ4v) is 1.83. The summed E-state index contributed by atoms with van der Waals surface area (Å²) in [6.45, 7) is 7.25. The van der Waals surface area contributed by atoms with E-state index in [1.54, 1.807) is 0 Å². The Bertz CT molecular complexity index is 329. The first-order valence-corrected chi connectivity index (χ1v) is 6.65. The van der Waals surface area contributed by atoms with Crippen LogP contribution in [0.5, 0.6) is 0 Å². The Morgan fingerprint density at radius 3 is 2.29 bits per heavy atom. The molecule has 0 spiro atoms. The Balaban J connectivity index is 2.52. The van der Waals surface area contributed by atoms with E-state index >= 15 is 0 Å². The number of nitrogens with one attached hydrogen (secondary N) is 1. The second-order valence-corrected chi connectivity index (χ2v) is 4.03. The van der Waals surface area contributed by atoms with Gasteiger partial charge in [0.25, 0.3) is 0 Å². The predicted octanol–water partition coefficient (Wildman–Crippen LogP) is 3.74. The summed E-state index contributed by atoms with van der Waals surface area (Å²) in [6, 6.07) is 8.53. The Morgan fingerprint density at radius 1 is 1.12 bits per heavy atom. The van der Waals surface area contributed by atoms with E-state index in [1.807, 2.05) is 12.2 Å². The third kappa shape index (κ3) is 4.70. The molecule has 0 saturated heterocycles. The zero-order valence-electron chi connectivity index (χ0n) is 10.6. The van der Waals surface area contributed by atoms with Crippen LogP contribution in [0.1, 0.15) is 13.8 Å². The maximum absolute atomic E-state index is 5.55. The molecule has 0 unspecified atom stereocenters. The molecule has 0 aliphatic heterocycles. The second-order valence-electron chi connectivity index (χ2n) is 3.73. The van der Waals surface area contributed by atoms with E-state index in [1.165, 1.54) is 5.69 Å². The molecule has 0 aliphatic carbocycles. The van der Waals surface area contributed by atoms with Crippen molar-refractivity contribution < 1.29 is 0 Å². The second kappa shape index (κ2) is 8.02. The topological polar surface area (TPSA) is 15.3 Å². The molecule has 0 saturated carbocycles. The van der Waals surface area contributed by atoms with Crippen LogP contribution in [0.25, 0.3) is 0 Å². The summed E-state index contributed by atoms with van der Waals surface area (Å²) >= 11 is 5.55. The maximum atomic E-state index is 5.55. The standard InChI is InChI=1S/C14H21ClN2/c1-3-17(4-2)14-9-7-13(8-10-14)16-12-6-5-11-15/h5-10,16H,3-4,11-12H2,1-2H3/b6-5+. The number of benzene rings is 1. The Labute approximate surface area is 109 Å². The summed E-state index contributed by atoms with van der Waals surface area (Å²) in [4.78, 5) is 2.33. The first-order chi connectivity index (χ1) is 8.31. The van der Waals surface area contributed by atoms with Crippen molar-refractivity contribution in [2.75, 3.05) is 35.7 Å². The molecule has 1 N–H and O–H groups in total. The maximum Gasteiger partial charge on any atom is 0.0404 e. The third-order valence-corrected chi connectivity index (χ3v) is 2.85. The third-order valence-electron chi connectivity index (χ3n) is 2.68. The zero-order valence-corrected chi connectivity index (χ0v) is 11.4. The van der Waals surface area contributed by atoms with Crippen molar-refractivity contribution in [1.29, 1.82) is 0 Å². The molecule has 1 rings (SSSR count). The highest BCUT2D eigenvalue weighted by atomic mass is 35.5. The molecule has 0 atom stereocenters. The molecule has 0 amide bonds. The minimum absolute atomic E-state index is 0.572. The molecule has 0 fully saturated rings. The minimum atomic E-state index is 0.572. The van der Waals surface area contributed by atoms with Gasteiger partial charge < -0.3 is 10.2 Å². The highest BCUT2D eigenvalue weighted by Gasteiger charge is 2.00. The first kappa shape index (κ1) is 13.9. The molecule has 94 valence electrons. The predicted molar refractivity (Wildman–Crippen MR) is 78.4 cm³/mol. The fraction of sp³-hybridized carbons (Fsp3) is 0.429. The van der Waals surface area contributed by atoms with Crippen molar-refractivity contribution >= 4 is 23.0 Å². The van der Waals surface area contributed by atoms with Gasteiger partial charge in [0.2, 0.25) is 0 Å². The van der Waals surface area contributed by atoms with Crippen LogP contribution in [0.4, 0.5) is 11.4 Å². The lowest BCUT2D eigenvalue weighted by molar-refractivity contribution is 0.866. The molecule has 2 nitrogen and oxygen atoms in total. The van der Waals surface area contributed by atoms with Gasteiger partial charge in [-0.1, -0.05) is 12.2 Å². The van der Waals surface area contributed by atoms with Crippen LogP contribution >= 0.6 is 11.6 Å². The van der Waals surface area contributed by atoms with Crippen LogP contribution in [0, 0.1) is 0 Å². The molecule has 0 aromatic heterocycles. The molecule has 17 heavy (non-hydrogen) atoms. The molecule has 0 aliphatic rings. The number of hydrogen-bond donors (Lipinski definition) is 1. The van der Waals surface area contributed by atoms with Gasteiger partial charge in [-0.2, -0.15) is 0 Å². The fourth-order valence-electron chi connectivity index (χ4n) is 1.70. The molecule has 3 heteroatoms. The Hall–Kier alpha value is -1.15. The largest absolute Gasteiger partial charge is 0.382 e. The van der Waals surface area contributed by atoms with E-state index in [4.69, 9.17) is 11.6 Å². The van der Waals surface area contributed by atoms with Crippen molar-refractivity contribution in [3.8, 4) is 0 Å². The lowest BCUT2D eigenvalue weighted by Crippen LogP contribution is -2.21. The number of allylic oxidation sites excluding steroid dienone is 1. The number of halogens is 1. The van der Waals surface area contributed by atoms with Gasteiger partial charge in [-0.25, -0.2) is 0 Å². The monoisotopic (exact) mass is 252 g/mol. The molecule has 1 aromatic carbocycles. The van der Waals surface area contributed by atoms with Gasteiger partial charge in [-0.15, -0.1) is 11.6 Å². The van der Waals surface area contributed by atoms with Crippen LogP contribution in [0.15, 0.2) is 36.4 Å². The number of nitrogens with zero attached hydrogens (tertiary/aromatic N) is 1. The van der Waals surface area contributed by atoms with Crippen LogP contribution < -0.4 is 10.2 Å². The van der Waals surface area contributed by atoms with Gasteiger partial charge in [-0.3, -0.25) is 0 Å². The summed E-state index contributed by atoms with van der Waals surface area (Å²) in [7, 11) is 0. The summed E-state index contributed by atoms with van der Waals surface area (Å²) in [5.74, 6) is 0.572. The highest BCUT2D eigenvalue weighted by Crippen LogP contribution is 2.17. The van der Waals surface area contributed by atoms with E-state index in [0.717, 1.165) is 25.3 Å². The van der Waals surface area contributed by atoms with Gasteiger partial charge in [0.15, 0.2) is 0 Å². The normalized spacial score (nSPS) is 10.8. The minimum Gasteiger partial charge on any atom is -0.382 e. The average molecular weight is 253 g/mol. The lowest BCUT2D eigenvalue weighted by atomic mass is 10.2. The van der Waals surface area contributed by atoms with Crippen LogP contribution in [-0.2, 0) is 0 Å². The zero-order chi connectivity index (χ0) is 12.5. The van der Waals surface area contributed by atoms with Crippen molar-refractivity contribution in [2.24, 2.45) is 0 Å². The SMILES string of the molecule is CCN(CC)c1ccc(NC/C=C/CCl)cc1. The van der Waals surface area contributed by atoms with Gasteiger partial charge in [0, 0.05) is 36.9 Å². The summed E-state index contributed by atoms with van der Waals surface area (Å²) < 4.78 is 0. The van der Waals surface area contributed by atoms with E-state index < -0.39 is 0 Å². The molecule has 0 heterocycles. The van der Waals surface area contributed by atoms with Crippen molar-refractivity contribution in [1.82, 2.24) is 0 Å². The van der Waals surface area contributed by atoms with E-state index in [9.17, 15) is 0 Å². The number of anilines is 2. The van der Waals surface area contributed by atoms with Gasteiger partial charge >= 0.3 is 0 Å². The van der Waals surface area contributed by atoms with Gasteiger partial charge in [0.05, 0.1) is 0 Å². The van der Waals surface area contributed by atoms with E-state index in [0.29, 0.717) is 5.88 Å². The quantitative estimate of drug-likeness (QED) is 0.588. The van der Waals surface area contributed by atoms with Crippen molar-refractivity contribution in [3.05, 3.63) is 36.4 Å². The van der Waals surface area contributed by atoms with E-state index in [-0.39, 0.29) is 0 Å². The lowest BCUT2D eigenvalue weighted by Gasteiger charge is -2.21. The highest BCUT2D eigenvalue weighted by molar-refractivity contribution is 6.18. The summed E-state index contributed by atoms with van der Waals surface area (Å²) in [5, 5.41) is 3.32. The molecular formula is C14H21ClN2. The Morgan fingerprint density at radius 2 is 1.76 bits per heavy atom. The van der Waals surface area contributed by atoms with Gasteiger partial charge in [0.1, 0.15) is 0 Å². The van der Waals surface area contributed by atoms with Crippen molar-refractivity contribution in [3.63, 3.8) is 0 Å². The van der Waals surface area contributed by atoms with Gasteiger partial charge in [-0.05, 0) is 38.1 Å². The molecule has 1 aromatic rings. The first-order valence-electron chi connectivity index (χ1n) is 6.11. The van der Waals surface area contributed by atoms with Crippen LogP contribution in [0.3, 0.4) is 0 Å². The number of alkyl halides is 1. The van der Waals surface area contributed by atoms with E-state index in [2.05, 4.69) is 48.3 Å². The summed E-state index contributed by atoms with van der Waals surface area (Å²) in [6.07, 6.45) is 3.98. The number of hydrogen-bond acceptors (Lipinski definition) is 2. The van der Waals surface area contributed by atoms with Crippen LogP contribution in [-0.4, -0.2) is 25.5 Å². The average Bonchev–Trinajstić information content (AvgIpc) is 2.38. The molecule has 0 radical (unpaired) electrons. The smallest absolute Gasteiger partial charge is 0.0404 e.